The molecule has 1 aromatic heterocycles. The summed E-state index contributed by atoms with van der Waals surface area (Å²) in [6.45, 7) is -1.05. The Bertz CT molecular complexity index is 1010. The highest BCUT2D eigenvalue weighted by Gasteiger charge is 2.46. The predicted octanol–water partition coefficient (Wildman–Crippen LogP) is 3.26. The van der Waals surface area contributed by atoms with E-state index in [4.69, 9.17) is 0 Å². The van der Waals surface area contributed by atoms with Crippen LogP contribution in [0.3, 0.4) is 0 Å². The van der Waals surface area contributed by atoms with Crippen LogP contribution in [0.4, 0.5) is 33.9 Å². The highest BCUT2D eigenvalue weighted by Crippen LogP contribution is 2.20. The summed E-state index contributed by atoms with van der Waals surface area (Å²) in [5.74, 6) is -3.28. The van der Waals surface area contributed by atoms with Crippen LogP contribution in [0.25, 0.3) is 6.08 Å². The lowest BCUT2D eigenvalue weighted by Crippen LogP contribution is -2.38. The number of hydrogen-bond donors (Lipinski definition) is 1. The van der Waals surface area contributed by atoms with Gasteiger partial charge in [0, 0.05) is 18.4 Å². The third kappa shape index (κ3) is 5.56. The molecule has 0 unspecified atom stereocenters. The van der Waals surface area contributed by atoms with Crippen LogP contribution in [0, 0.1) is 5.82 Å². The lowest BCUT2D eigenvalue weighted by molar-refractivity contribution is -0.226. The molecular weight excluding hydrogens is 424 g/mol. The molecule has 2 heterocycles. The first-order valence-electron chi connectivity index (χ1n) is 8.69. The smallest absolute Gasteiger partial charge is 0.340 e. The van der Waals surface area contributed by atoms with E-state index in [1.807, 2.05) is 0 Å². The Kier molecular flexibility index (Phi) is 6.18. The summed E-state index contributed by atoms with van der Waals surface area (Å²) in [5.41, 5.74) is 1.25. The highest BCUT2D eigenvalue weighted by atomic mass is 19.4. The number of halogens is 4. The molecule has 0 atom stereocenters. The first kappa shape index (κ1) is 21.7. The molecule has 1 aliphatic heterocycles. The van der Waals surface area contributed by atoms with Crippen molar-refractivity contribution in [2.75, 3.05) is 18.4 Å². The number of amides is 3. The van der Waals surface area contributed by atoms with Crippen LogP contribution in [0.5, 0.6) is 0 Å². The summed E-state index contributed by atoms with van der Waals surface area (Å²) in [6.07, 6.45) is -0.830. The molecule has 0 spiro atoms. The van der Waals surface area contributed by atoms with E-state index in [-0.39, 0.29) is 17.4 Å². The van der Waals surface area contributed by atoms with Crippen molar-refractivity contribution in [2.24, 2.45) is 0 Å². The van der Waals surface area contributed by atoms with Crippen molar-refractivity contribution < 1.29 is 36.8 Å². The number of alkyl halides is 3. The van der Waals surface area contributed by atoms with Crippen LogP contribution in [0.1, 0.15) is 5.56 Å². The van der Waals surface area contributed by atoms with Crippen LogP contribution >= 0.6 is 0 Å². The molecule has 1 aromatic carbocycles. The van der Waals surface area contributed by atoms with E-state index in [0.29, 0.717) is 22.0 Å². The number of nitrogens with one attached hydrogen (secondary N) is 1. The van der Waals surface area contributed by atoms with Gasteiger partial charge in [-0.3, -0.25) is 9.69 Å². The molecule has 162 valence electrons. The highest BCUT2D eigenvalue weighted by molar-refractivity contribution is 6.02. The largest absolute Gasteiger partial charge is 0.493 e. The number of hydroxylamine groups is 2. The Labute approximate surface area is 172 Å². The van der Waals surface area contributed by atoms with Crippen molar-refractivity contribution in [1.82, 2.24) is 14.9 Å². The third-order valence-electron chi connectivity index (χ3n) is 3.95. The number of aromatic nitrogens is 1. The van der Waals surface area contributed by atoms with Gasteiger partial charge in [0.2, 0.25) is 0 Å². The summed E-state index contributed by atoms with van der Waals surface area (Å²) in [6, 6.07) is 7.84. The molecule has 0 aliphatic carbocycles. The van der Waals surface area contributed by atoms with Gasteiger partial charge in [-0.1, -0.05) is 12.2 Å². The molecule has 0 bridgehead atoms. The maximum absolute atomic E-state index is 12.9. The summed E-state index contributed by atoms with van der Waals surface area (Å²) in [7, 11) is 0. The number of imide groups is 1. The number of carbonyl (C=O) groups is 3. The van der Waals surface area contributed by atoms with Crippen LogP contribution in [-0.4, -0.2) is 52.1 Å². The number of carbonyl (C=O) groups excluding carboxylic acids is 3. The quantitative estimate of drug-likeness (QED) is 0.550. The van der Waals surface area contributed by atoms with Gasteiger partial charge in [-0.15, -0.1) is 5.06 Å². The second-order valence-corrected chi connectivity index (χ2v) is 6.21. The Morgan fingerprint density at radius 2 is 1.87 bits per heavy atom. The molecule has 31 heavy (non-hydrogen) atoms. The minimum atomic E-state index is -5.29. The van der Waals surface area contributed by atoms with Crippen LogP contribution in [-0.2, 0) is 14.4 Å². The van der Waals surface area contributed by atoms with Crippen molar-refractivity contribution in [3.05, 3.63) is 60.1 Å². The summed E-state index contributed by atoms with van der Waals surface area (Å²) < 4.78 is 49.6. The van der Waals surface area contributed by atoms with Crippen molar-refractivity contribution in [2.45, 2.75) is 6.18 Å². The number of pyridine rings is 1. The third-order valence-corrected chi connectivity index (χ3v) is 3.95. The molecule has 1 aliphatic rings. The Morgan fingerprint density at radius 1 is 1.16 bits per heavy atom. The van der Waals surface area contributed by atoms with E-state index >= 15 is 0 Å². The summed E-state index contributed by atoms with van der Waals surface area (Å²) in [4.78, 5) is 43.3. The Balaban J connectivity index is 1.55. The van der Waals surface area contributed by atoms with E-state index in [1.165, 1.54) is 24.4 Å². The van der Waals surface area contributed by atoms with Gasteiger partial charge in [-0.05, 0) is 42.0 Å². The average Bonchev–Trinajstić information content (AvgIpc) is 2.97. The Hall–Kier alpha value is -3.96. The molecule has 1 saturated heterocycles. The number of nitrogens with zero attached hydrogens (tertiary/aromatic N) is 3. The maximum atomic E-state index is 12.9. The second-order valence-electron chi connectivity index (χ2n) is 6.21. The molecule has 3 amide bonds. The van der Waals surface area contributed by atoms with Gasteiger partial charge in [-0.2, -0.15) is 13.2 Å². The van der Waals surface area contributed by atoms with Crippen molar-refractivity contribution in [1.29, 1.82) is 0 Å². The molecular formula is C19H14F4N4O4. The zero-order valence-corrected chi connectivity index (χ0v) is 15.6. The topological polar surface area (TPSA) is 91.8 Å². The fourth-order valence-electron chi connectivity index (χ4n) is 2.47. The first-order chi connectivity index (χ1) is 14.6. The van der Waals surface area contributed by atoms with Crippen LogP contribution in [0.15, 0.2) is 48.7 Å². The second kappa shape index (κ2) is 8.81. The summed E-state index contributed by atoms with van der Waals surface area (Å²) >= 11 is 0. The van der Waals surface area contributed by atoms with Crippen molar-refractivity contribution >= 4 is 35.5 Å². The van der Waals surface area contributed by atoms with Gasteiger partial charge in [0.25, 0.3) is 5.91 Å². The minimum Gasteiger partial charge on any atom is -0.340 e. The molecule has 8 nitrogen and oxygen atoms in total. The van der Waals surface area contributed by atoms with Crippen molar-refractivity contribution in [3.63, 3.8) is 0 Å². The maximum Gasteiger partial charge on any atom is 0.493 e. The van der Waals surface area contributed by atoms with Gasteiger partial charge in [0.1, 0.15) is 18.2 Å². The van der Waals surface area contributed by atoms with Crippen LogP contribution in [0.2, 0.25) is 0 Å². The standard InChI is InChI=1S/C19H14F4N4O4/c20-13-4-6-14(7-5-13)25-15-8-3-12(10-24-15)2-1-9-26-16(28)11-27(18(26)30)31-17(29)19(21,22)23/h1-8,10H,9,11H2,(H,24,25)/b2-1+. The van der Waals surface area contributed by atoms with Crippen LogP contribution < -0.4 is 5.32 Å². The number of hydrogen-bond acceptors (Lipinski definition) is 6. The number of rotatable bonds is 6. The molecule has 1 N–H and O–H groups in total. The zero-order valence-electron chi connectivity index (χ0n) is 15.6. The number of urea groups is 1. The lowest BCUT2D eigenvalue weighted by Gasteiger charge is -2.15. The SMILES string of the molecule is O=C1CN(OC(=O)C(F)(F)F)C(=O)N1C/C=C/c1ccc(Nc2ccc(F)cc2)nc1. The minimum absolute atomic E-state index is 0.0590. The zero-order chi connectivity index (χ0) is 22.6. The van der Waals surface area contributed by atoms with Gasteiger partial charge in [0.05, 0.1) is 0 Å². The van der Waals surface area contributed by atoms with Gasteiger partial charge < -0.3 is 10.2 Å². The molecule has 0 radical (unpaired) electrons. The molecule has 3 rings (SSSR count). The monoisotopic (exact) mass is 438 g/mol. The predicted molar refractivity (Wildman–Crippen MR) is 98.9 cm³/mol. The first-order valence-corrected chi connectivity index (χ1v) is 8.69. The summed E-state index contributed by atoms with van der Waals surface area (Å²) in [5, 5.41) is 3.03. The Morgan fingerprint density at radius 3 is 2.48 bits per heavy atom. The molecule has 2 aromatic rings. The van der Waals surface area contributed by atoms with E-state index in [1.54, 1.807) is 30.3 Å². The number of anilines is 2. The van der Waals surface area contributed by atoms with E-state index in [2.05, 4.69) is 15.1 Å². The number of benzene rings is 1. The van der Waals surface area contributed by atoms with Gasteiger partial charge in [0.15, 0.2) is 0 Å². The normalized spacial score (nSPS) is 14.5. The van der Waals surface area contributed by atoms with E-state index in [0.717, 1.165) is 0 Å². The van der Waals surface area contributed by atoms with E-state index < -0.39 is 30.6 Å². The molecule has 12 heteroatoms. The van der Waals surface area contributed by atoms with Gasteiger partial charge >= 0.3 is 18.2 Å². The molecule has 0 saturated carbocycles. The van der Waals surface area contributed by atoms with E-state index in [9.17, 15) is 31.9 Å². The van der Waals surface area contributed by atoms with Crippen molar-refractivity contribution in [3.8, 4) is 0 Å². The molecule has 1 fully saturated rings. The fourth-order valence-corrected chi connectivity index (χ4v) is 2.47. The average molecular weight is 438 g/mol. The fraction of sp³-hybridized carbons (Fsp3) is 0.158. The van der Waals surface area contributed by atoms with Gasteiger partial charge in [-0.25, -0.2) is 19.0 Å². The lowest BCUT2D eigenvalue weighted by atomic mass is 10.2.